The molecular formula is C8H12O. The largest absolute Gasteiger partial charge is 0.295 e. The third kappa shape index (κ3) is 2.27. The maximum atomic E-state index is 10.7. The van der Waals surface area contributed by atoms with Crippen LogP contribution in [0.3, 0.4) is 0 Å². The first-order valence-electron chi connectivity index (χ1n) is 2.92. The first-order chi connectivity index (χ1) is 4.09. The van der Waals surface area contributed by atoms with E-state index in [1.54, 1.807) is 13.0 Å². The first-order valence-corrected chi connectivity index (χ1v) is 2.92. The SMILES string of the molecule is C=C(C)/C(=C/C)C(C)=O. The molecule has 50 valence electrons. The minimum absolute atomic E-state index is 0.0880. The molecule has 0 atom stereocenters. The van der Waals surface area contributed by atoms with E-state index in [0.717, 1.165) is 11.1 Å². The molecule has 0 spiro atoms. The summed E-state index contributed by atoms with van der Waals surface area (Å²) in [4.78, 5) is 10.7. The van der Waals surface area contributed by atoms with E-state index >= 15 is 0 Å². The second-order valence-corrected chi connectivity index (χ2v) is 2.04. The lowest BCUT2D eigenvalue weighted by atomic mass is 10.1. The topological polar surface area (TPSA) is 17.1 Å². The van der Waals surface area contributed by atoms with Crippen molar-refractivity contribution in [1.82, 2.24) is 0 Å². The molecule has 0 heterocycles. The van der Waals surface area contributed by atoms with E-state index in [0.29, 0.717) is 0 Å². The Morgan fingerprint density at radius 2 is 1.89 bits per heavy atom. The van der Waals surface area contributed by atoms with Crippen molar-refractivity contribution in [2.24, 2.45) is 0 Å². The molecule has 0 saturated carbocycles. The van der Waals surface area contributed by atoms with Gasteiger partial charge in [0.2, 0.25) is 0 Å². The fourth-order valence-corrected chi connectivity index (χ4v) is 0.750. The minimum Gasteiger partial charge on any atom is -0.295 e. The lowest BCUT2D eigenvalue weighted by molar-refractivity contribution is -0.113. The Bertz CT molecular complexity index is 147. The van der Waals surface area contributed by atoms with E-state index in [9.17, 15) is 4.79 Å². The predicted molar refractivity (Wildman–Crippen MR) is 39.3 cm³/mol. The van der Waals surface area contributed by atoms with Gasteiger partial charge in [0.1, 0.15) is 0 Å². The molecule has 0 aromatic heterocycles. The van der Waals surface area contributed by atoms with Crippen molar-refractivity contribution in [2.75, 3.05) is 0 Å². The van der Waals surface area contributed by atoms with E-state index in [1.165, 1.54) is 0 Å². The van der Waals surface area contributed by atoms with Gasteiger partial charge >= 0.3 is 0 Å². The Hall–Kier alpha value is -0.850. The van der Waals surface area contributed by atoms with E-state index in [1.807, 2.05) is 13.8 Å². The molecule has 0 N–H and O–H groups in total. The maximum absolute atomic E-state index is 10.7. The quantitative estimate of drug-likeness (QED) is 0.407. The lowest BCUT2D eigenvalue weighted by Gasteiger charge is -1.97. The monoisotopic (exact) mass is 124 g/mol. The van der Waals surface area contributed by atoms with Gasteiger partial charge < -0.3 is 0 Å². The zero-order valence-electron chi connectivity index (χ0n) is 6.19. The zero-order chi connectivity index (χ0) is 7.44. The summed E-state index contributed by atoms with van der Waals surface area (Å²) in [6.45, 7) is 8.87. The predicted octanol–water partition coefficient (Wildman–Crippen LogP) is 2.10. The number of ketones is 1. The van der Waals surface area contributed by atoms with Crippen molar-refractivity contribution >= 4 is 5.78 Å². The summed E-state index contributed by atoms with van der Waals surface area (Å²) >= 11 is 0. The van der Waals surface area contributed by atoms with Gasteiger partial charge in [0.15, 0.2) is 5.78 Å². The van der Waals surface area contributed by atoms with Crippen molar-refractivity contribution in [3.63, 3.8) is 0 Å². The normalized spacial score (nSPS) is 11.2. The highest BCUT2D eigenvalue weighted by atomic mass is 16.1. The average Bonchev–Trinajstić information content (AvgIpc) is 1.64. The second kappa shape index (κ2) is 3.23. The Kier molecular flexibility index (Phi) is 2.93. The molecule has 0 amide bonds. The molecule has 0 aliphatic carbocycles. The van der Waals surface area contributed by atoms with Crippen LogP contribution >= 0.6 is 0 Å². The van der Waals surface area contributed by atoms with Gasteiger partial charge in [-0.1, -0.05) is 12.7 Å². The van der Waals surface area contributed by atoms with E-state index < -0.39 is 0 Å². The molecule has 0 fully saturated rings. The number of Topliss-reactive ketones (excluding diaryl/α,β-unsaturated/α-hetero) is 1. The van der Waals surface area contributed by atoms with E-state index in [-0.39, 0.29) is 5.78 Å². The molecule has 0 bridgehead atoms. The number of hydrogen-bond acceptors (Lipinski definition) is 1. The van der Waals surface area contributed by atoms with Crippen molar-refractivity contribution in [2.45, 2.75) is 20.8 Å². The molecule has 0 unspecified atom stereocenters. The summed E-state index contributed by atoms with van der Waals surface area (Å²) in [7, 11) is 0. The van der Waals surface area contributed by atoms with Crippen LogP contribution < -0.4 is 0 Å². The van der Waals surface area contributed by atoms with Crippen molar-refractivity contribution in [1.29, 1.82) is 0 Å². The average molecular weight is 124 g/mol. The van der Waals surface area contributed by atoms with E-state index in [2.05, 4.69) is 6.58 Å². The van der Waals surface area contributed by atoms with Gasteiger partial charge in [0.25, 0.3) is 0 Å². The van der Waals surface area contributed by atoms with Crippen molar-refractivity contribution in [3.8, 4) is 0 Å². The molecule has 9 heavy (non-hydrogen) atoms. The van der Waals surface area contributed by atoms with Crippen LogP contribution in [0.25, 0.3) is 0 Å². The van der Waals surface area contributed by atoms with Crippen LogP contribution in [0.5, 0.6) is 0 Å². The number of rotatable bonds is 2. The molecule has 0 radical (unpaired) electrons. The molecule has 1 nitrogen and oxygen atoms in total. The Labute approximate surface area is 56.1 Å². The molecule has 0 aliphatic heterocycles. The van der Waals surface area contributed by atoms with Gasteiger partial charge in [-0.2, -0.15) is 0 Å². The Morgan fingerprint density at radius 1 is 1.44 bits per heavy atom. The Morgan fingerprint density at radius 3 is 1.89 bits per heavy atom. The zero-order valence-corrected chi connectivity index (χ0v) is 6.19. The van der Waals surface area contributed by atoms with Gasteiger partial charge in [0.05, 0.1) is 0 Å². The number of carbonyl (C=O) groups is 1. The van der Waals surface area contributed by atoms with Crippen molar-refractivity contribution in [3.05, 3.63) is 23.8 Å². The van der Waals surface area contributed by atoms with Crippen LogP contribution in [0.2, 0.25) is 0 Å². The fourth-order valence-electron chi connectivity index (χ4n) is 0.750. The van der Waals surface area contributed by atoms with Gasteiger partial charge in [-0.05, 0) is 26.3 Å². The smallest absolute Gasteiger partial charge is 0.159 e. The lowest BCUT2D eigenvalue weighted by Crippen LogP contribution is -1.95. The van der Waals surface area contributed by atoms with Gasteiger partial charge in [-0.3, -0.25) is 4.79 Å². The van der Waals surface area contributed by atoms with Crippen LogP contribution in [-0.4, -0.2) is 5.78 Å². The first kappa shape index (κ1) is 8.15. The van der Waals surface area contributed by atoms with Crippen LogP contribution in [0.1, 0.15) is 20.8 Å². The summed E-state index contributed by atoms with van der Waals surface area (Å²) in [5.41, 5.74) is 1.57. The molecule has 0 aromatic rings. The molecule has 0 saturated heterocycles. The van der Waals surface area contributed by atoms with Gasteiger partial charge in [0, 0.05) is 5.57 Å². The molecule has 0 rings (SSSR count). The number of allylic oxidation sites excluding steroid dienone is 3. The van der Waals surface area contributed by atoms with Crippen molar-refractivity contribution < 1.29 is 4.79 Å². The van der Waals surface area contributed by atoms with Gasteiger partial charge in [-0.25, -0.2) is 0 Å². The fraction of sp³-hybridized carbons (Fsp3) is 0.375. The number of hydrogen-bond donors (Lipinski definition) is 0. The standard InChI is InChI=1S/C8H12O/c1-5-8(6(2)3)7(4)9/h5H,2H2,1,3-4H3/b8-5-. The highest BCUT2D eigenvalue weighted by Crippen LogP contribution is 2.06. The number of carbonyl (C=O) groups excluding carboxylic acids is 1. The Balaban J connectivity index is 4.38. The molecule has 0 aromatic carbocycles. The summed E-state index contributed by atoms with van der Waals surface area (Å²) in [5.74, 6) is 0.0880. The maximum Gasteiger partial charge on any atom is 0.159 e. The summed E-state index contributed by atoms with van der Waals surface area (Å²) in [6.07, 6.45) is 1.78. The second-order valence-electron chi connectivity index (χ2n) is 2.04. The minimum atomic E-state index is 0.0880. The van der Waals surface area contributed by atoms with E-state index in [4.69, 9.17) is 0 Å². The van der Waals surface area contributed by atoms with Crippen LogP contribution in [0.4, 0.5) is 0 Å². The third-order valence-electron chi connectivity index (χ3n) is 1.13. The highest BCUT2D eigenvalue weighted by Gasteiger charge is 2.00. The summed E-state index contributed by atoms with van der Waals surface area (Å²) in [6, 6.07) is 0. The highest BCUT2D eigenvalue weighted by molar-refractivity contribution is 5.97. The third-order valence-corrected chi connectivity index (χ3v) is 1.13. The van der Waals surface area contributed by atoms with Gasteiger partial charge in [-0.15, -0.1) is 0 Å². The molecule has 1 heteroatoms. The molecular weight excluding hydrogens is 112 g/mol. The summed E-state index contributed by atoms with van der Waals surface area (Å²) < 4.78 is 0. The van der Waals surface area contributed by atoms with Crippen LogP contribution in [0, 0.1) is 0 Å². The molecule has 0 aliphatic rings. The van der Waals surface area contributed by atoms with Crippen LogP contribution in [-0.2, 0) is 4.79 Å². The van der Waals surface area contributed by atoms with Crippen LogP contribution in [0.15, 0.2) is 23.8 Å². The summed E-state index contributed by atoms with van der Waals surface area (Å²) in [5, 5.41) is 0.